The molecule has 0 saturated carbocycles. The maximum absolute atomic E-state index is 12.8. The molecular formula is C18H24N2O3S. The van der Waals surface area contributed by atoms with Gasteiger partial charge in [-0.15, -0.1) is 0 Å². The fourth-order valence-corrected chi connectivity index (χ4v) is 3.64. The molecule has 0 bridgehead atoms. The van der Waals surface area contributed by atoms with Crippen molar-refractivity contribution in [2.24, 2.45) is 4.99 Å². The van der Waals surface area contributed by atoms with Crippen molar-refractivity contribution >= 4 is 28.9 Å². The van der Waals surface area contributed by atoms with Crippen LogP contribution in [0.5, 0.6) is 11.5 Å². The molecule has 1 aliphatic heterocycles. The highest BCUT2D eigenvalue weighted by Gasteiger charge is 2.35. The van der Waals surface area contributed by atoms with Crippen molar-refractivity contribution in [3.8, 4) is 11.5 Å². The summed E-state index contributed by atoms with van der Waals surface area (Å²) in [7, 11) is 3.19. The lowest BCUT2D eigenvalue weighted by atomic mass is 10.1. The van der Waals surface area contributed by atoms with Gasteiger partial charge in [0, 0.05) is 17.6 Å². The molecule has 1 amide bonds. The van der Waals surface area contributed by atoms with Crippen LogP contribution in [0.3, 0.4) is 0 Å². The van der Waals surface area contributed by atoms with E-state index in [9.17, 15) is 4.79 Å². The maximum Gasteiger partial charge on any atom is 0.266 e. The minimum Gasteiger partial charge on any atom is -0.493 e. The number of rotatable bonds is 5. The van der Waals surface area contributed by atoms with Crippen LogP contribution >= 0.6 is 11.8 Å². The molecule has 1 aromatic rings. The highest BCUT2D eigenvalue weighted by molar-refractivity contribution is 8.18. The Bertz CT molecular complexity index is 681. The van der Waals surface area contributed by atoms with Gasteiger partial charge in [-0.1, -0.05) is 12.1 Å². The van der Waals surface area contributed by atoms with E-state index in [1.807, 2.05) is 52.0 Å². The van der Waals surface area contributed by atoms with Crippen molar-refractivity contribution in [3.05, 3.63) is 28.7 Å². The van der Waals surface area contributed by atoms with E-state index in [-0.39, 0.29) is 18.0 Å². The summed E-state index contributed by atoms with van der Waals surface area (Å²) >= 11 is 1.40. The molecule has 1 saturated heterocycles. The van der Waals surface area contributed by atoms with Gasteiger partial charge in [-0.3, -0.25) is 14.7 Å². The van der Waals surface area contributed by atoms with Crippen LogP contribution in [0.25, 0.3) is 6.08 Å². The predicted octanol–water partition coefficient (Wildman–Crippen LogP) is 3.79. The molecule has 1 aliphatic rings. The number of carbonyl (C=O) groups excluding carboxylic acids is 1. The first-order valence-corrected chi connectivity index (χ1v) is 8.72. The third-order valence-electron chi connectivity index (χ3n) is 3.44. The van der Waals surface area contributed by atoms with Gasteiger partial charge in [0.2, 0.25) is 0 Å². The topological polar surface area (TPSA) is 51.1 Å². The second kappa shape index (κ2) is 7.75. The van der Waals surface area contributed by atoms with Crippen molar-refractivity contribution in [3.63, 3.8) is 0 Å². The zero-order valence-corrected chi connectivity index (χ0v) is 15.8. The molecular weight excluding hydrogens is 324 g/mol. The fourth-order valence-electron chi connectivity index (χ4n) is 2.42. The Hall–Kier alpha value is -1.95. The van der Waals surface area contributed by atoms with Crippen molar-refractivity contribution in [1.82, 2.24) is 4.90 Å². The largest absolute Gasteiger partial charge is 0.493 e. The lowest BCUT2D eigenvalue weighted by Crippen LogP contribution is -2.35. The number of benzene rings is 1. The number of aliphatic imine (C=N–C) groups is 1. The summed E-state index contributed by atoms with van der Waals surface area (Å²) in [4.78, 5) is 19.7. The first kappa shape index (κ1) is 18.4. The van der Waals surface area contributed by atoms with Gasteiger partial charge in [-0.25, -0.2) is 0 Å². The van der Waals surface area contributed by atoms with Gasteiger partial charge in [0.05, 0.1) is 19.1 Å². The number of thioether (sulfide) groups is 1. The highest BCUT2D eigenvalue weighted by Crippen LogP contribution is 2.38. The van der Waals surface area contributed by atoms with Crippen LogP contribution in [0, 0.1) is 0 Å². The lowest BCUT2D eigenvalue weighted by molar-refractivity contribution is -0.123. The average molecular weight is 348 g/mol. The Balaban J connectivity index is 2.46. The van der Waals surface area contributed by atoms with Crippen molar-refractivity contribution in [2.75, 3.05) is 14.2 Å². The maximum atomic E-state index is 12.8. The number of para-hydroxylation sites is 1. The van der Waals surface area contributed by atoms with Gasteiger partial charge in [0.15, 0.2) is 16.7 Å². The van der Waals surface area contributed by atoms with Gasteiger partial charge in [0.1, 0.15) is 0 Å². The number of nitrogens with zero attached hydrogens (tertiary/aromatic N) is 2. The fraction of sp³-hybridized carbons (Fsp3) is 0.444. The van der Waals surface area contributed by atoms with Crippen LogP contribution in [0.1, 0.15) is 33.3 Å². The summed E-state index contributed by atoms with van der Waals surface area (Å²) in [5.41, 5.74) is 0.808. The standard InChI is InChI=1S/C18H24N2O3S/c1-11(2)19-18-20(12(3)4)17(21)15(24-18)10-13-8-7-9-14(22-5)16(13)23-6/h7-12H,1-6H3/b15-10+,19-18?. The van der Waals surface area contributed by atoms with E-state index in [4.69, 9.17) is 9.47 Å². The molecule has 6 heteroatoms. The molecule has 1 heterocycles. The van der Waals surface area contributed by atoms with Crippen LogP contribution in [0.4, 0.5) is 0 Å². The van der Waals surface area contributed by atoms with Crippen LogP contribution < -0.4 is 9.47 Å². The molecule has 130 valence electrons. The Morgan fingerprint density at radius 2 is 1.88 bits per heavy atom. The van der Waals surface area contributed by atoms with E-state index >= 15 is 0 Å². The summed E-state index contributed by atoms with van der Waals surface area (Å²) in [6.45, 7) is 7.99. The molecule has 0 aliphatic carbocycles. The Kier molecular flexibility index (Phi) is 5.94. The smallest absolute Gasteiger partial charge is 0.266 e. The summed E-state index contributed by atoms with van der Waals surface area (Å²) in [6, 6.07) is 5.80. The van der Waals surface area contributed by atoms with Gasteiger partial charge >= 0.3 is 0 Å². The van der Waals surface area contributed by atoms with E-state index in [2.05, 4.69) is 4.99 Å². The molecule has 0 aromatic heterocycles. The van der Waals surface area contributed by atoms with Crippen LogP contribution in [-0.4, -0.2) is 42.3 Å². The summed E-state index contributed by atoms with van der Waals surface area (Å²) in [5.74, 6) is 1.23. The van der Waals surface area contributed by atoms with E-state index in [0.29, 0.717) is 16.4 Å². The first-order valence-electron chi connectivity index (χ1n) is 7.91. The van der Waals surface area contributed by atoms with Gasteiger partial charge in [-0.2, -0.15) is 0 Å². The Labute approximate surface area is 147 Å². The normalized spacial score (nSPS) is 18.3. The molecule has 5 nitrogen and oxygen atoms in total. The zero-order valence-electron chi connectivity index (χ0n) is 15.0. The summed E-state index contributed by atoms with van der Waals surface area (Å²) in [5, 5.41) is 0.748. The van der Waals surface area contributed by atoms with Crippen molar-refractivity contribution < 1.29 is 14.3 Å². The molecule has 0 N–H and O–H groups in total. The zero-order chi connectivity index (χ0) is 17.9. The minimum atomic E-state index is -0.0285. The number of hydrogen-bond acceptors (Lipinski definition) is 5. The van der Waals surface area contributed by atoms with E-state index in [1.165, 1.54) is 11.8 Å². The third kappa shape index (κ3) is 3.75. The Morgan fingerprint density at radius 1 is 1.17 bits per heavy atom. The first-order chi connectivity index (χ1) is 11.4. The van der Waals surface area contributed by atoms with Crippen LogP contribution in [0.2, 0.25) is 0 Å². The van der Waals surface area contributed by atoms with E-state index < -0.39 is 0 Å². The monoisotopic (exact) mass is 348 g/mol. The number of ether oxygens (including phenoxy) is 2. The quantitative estimate of drug-likeness (QED) is 0.760. The van der Waals surface area contributed by atoms with Gasteiger partial charge < -0.3 is 9.47 Å². The molecule has 0 radical (unpaired) electrons. The van der Waals surface area contributed by atoms with Gasteiger partial charge in [-0.05, 0) is 51.6 Å². The lowest BCUT2D eigenvalue weighted by Gasteiger charge is -2.20. The molecule has 0 atom stereocenters. The van der Waals surface area contributed by atoms with E-state index in [1.54, 1.807) is 19.1 Å². The van der Waals surface area contributed by atoms with Gasteiger partial charge in [0.25, 0.3) is 5.91 Å². The Morgan fingerprint density at radius 3 is 2.42 bits per heavy atom. The molecule has 1 aromatic carbocycles. The summed E-state index contributed by atoms with van der Waals surface area (Å²) in [6.07, 6.45) is 1.84. The van der Waals surface area contributed by atoms with Crippen LogP contribution in [-0.2, 0) is 4.79 Å². The number of amidine groups is 1. The molecule has 0 spiro atoms. The second-order valence-electron chi connectivity index (χ2n) is 5.97. The molecule has 0 unspecified atom stereocenters. The number of amides is 1. The van der Waals surface area contributed by atoms with Crippen molar-refractivity contribution in [1.29, 1.82) is 0 Å². The highest BCUT2D eigenvalue weighted by atomic mass is 32.2. The third-order valence-corrected chi connectivity index (χ3v) is 4.44. The van der Waals surface area contributed by atoms with Crippen LogP contribution in [0.15, 0.2) is 28.1 Å². The molecule has 2 rings (SSSR count). The minimum absolute atomic E-state index is 0.0285. The average Bonchev–Trinajstić information content (AvgIpc) is 2.81. The number of hydrogen-bond donors (Lipinski definition) is 0. The second-order valence-corrected chi connectivity index (χ2v) is 6.98. The SMILES string of the molecule is COc1cccc(/C=C2/SC(=NC(C)C)N(C(C)C)C2=O)c1OC. The number of methoxy groups -OCH3 is 2. The molecule has 1 fully saturated rings. The summed E-state index contributed by atoms with van der Waals surface area (Å²) < 4.78 is 10.8. The number of carbonyl (C=O) groups is 1. The van der Waals surface area contributed by atoms with Crippen molar-refractivity contribution in [2.45, 2.75) is 39.8 Å². The predicted molar refractivity (Wildman–Crippen MR) is 99.7 cm³/mol. The van der Waals surface area contributed by atoms with E-state index in [0.717, 1.165) is 10.7 Å². The molecule has 24 heavy (non-hydrogen) atoms.